The van der Waals surface area contributed by atoms with Crippen molar-refractivity contribution >= 4 is 45.9 Å². The van der Waals surface area contributed by atoms with E-state index in [4.69, 9.17) is 4.74 Å². The molecule has 0 spiro atoms. The van der Waals surface area contributed by atoms with Crippen LogP contribution < -0.4 is 30.4 Å². The topological polar surface area (TPSA) is 12.5 Å². The summed E-state index contributed by atoms with van der Waals surface area (Å²) in [5, 5.41) is 5.28. The average Bonchev–Trinajstić information content (AvgIpc) is 3.04. The number of para-hydroxylation sites is 3. The summed E-state index contributed by atoms with van der Waals surface area (Å²) in [5.74, 6) is 1.88. The summed E-state index contributed by atoms with van der Waals surface area (Å²) in [5.41, 5.74) is 6.08. The lowest BCUT2D eigenvalue weighted by Gasteiger charge is -2.43. The van der Waals surface area contributed by atoms with Gasteiger partial charge in [0.15, 0.2) is 8.07 Å². The summed E-state index contributed by atoms with van der Waals surface area (Å²) in [7, 11) is -2.66. The van der Waals surface area contributed by atoms with Gasteiger partial charge in [0.2, 0.25) is 0 Å². The third-order valence-corrected chi connectivity index (χ3v) is 14.0. The largest absolute Gasteiger partial charge is 0.457 e. The van der Waals surface area contributed by atoms with Crippen molar-refractivity contribution in [2.24, 2.45) is 0 Å². The molecule has 0 amide bonds. The lowest BCUT2D eigenvalue weighted by Crippen LogP contribution is -2.76. The molecule has 2 heterocycles. The van der Waals surface area contributed by atoms with Crippen LogP contribution in [0.25, 0.3) is 0 Å². The van der Waals surface area contributed by atoms with Crippen LogP contribution >= 0.6 is 0 Å². The molecule has 0 bridgehead atoms. The summed E-state index contributed by atoms with van der Waals surface area (Å²) in [6, 6.07) is 55.3. The Morgan fingerprint density at radius 3 is 1.62 bits per heavy atom. The molecule has 8 rings (SSSR count). The molecule has 6 aromatic carbocycles. The number of benzene rings is 6. The van der Waals surface area contributed by atoms with Crippen molar-refractivity contribution in [1.82, 2.24) is 0 Å². The summed E-state index contributed by atoms with van der Waals surface area (Å²) in [6.45, 7) is 4.66. The Morgan fingerprint density at radius 1 is 0.500 bits per heavy atom. The fraction of sp³-hybridized carbons (Fsp3) is 0.0769. The van der Waals surface area contributed by atoms with E-state index in [1.165, 1.54) is 43.2 Å². The van der Waals surface area contributed by atoms with Gasteiger partial charge in [0, 0.05) is 17.2 Å². The van der Waals surface area contributed by atoms with E-state index < -0.39 is 8.07 Å². The van der Waals surface area contributed by atoms with Crippen molar-refractivity contribution in [3.05, 3.63) is 163 Å². The molecule has 6 aromatic rings. The fourth-order valence-electron chi connectivity index (χ4n) is 7.29. The van der Waals surface area contributed by atoms with Gasteiger partial charge in [-0.05, 0) is 56.1 Å². The molecule has 202 valence electrons. The van der Waals surface area contributed by atoms with Crippen LogP contribution in [-0.4, -0.2) is 8.07 Å². The Hall–Kier alpha value is -4.86. The van der Waals surface area contributed by atoms with E-state index >= 15 is 0 Å². The predicted molar refractivity (Wildman–Crippen MR) is 177 cm³/mol. The number of rotatable bonds is 3. The number of hydrogen-bond acceptors (Lipinski definition) is 2. The maximum absolute atomic E-state index is 6.83. The van der Waals surface area contributed by atoms with Crippen LogP contribution in [0.15, 0.2) is 152 Å². The van der Waals surface area contributed by atoms with Crippen molar-refractivity contribution in [2.45, 2.75) is 19.3 Å². The number of nitrogens with zero attached hydrogens (tertiary/aromatic N) is 1. The summed E-state index contributed by atoms with van der Waals surface area (Å²) >= 11 is 0. The van der Waals surface area contributed by atoms with E-state index in [1.54, 1.807) is 0 Å². The highest BCUT2D eigenvalue weighted by atomic mass is 28.3. The highest BCUT2D eigenvalue weighted by molar-refractivity contribution is 7.20. The third kappa shape index (κ3) is 3.44. The van der Waals surface area contributed by atoms with E-state index in [0.717, 1.165) is 17.2 Å². The Balaban J connectivity index is 1.41. The van der Waals surface area contributed by atoms with Crippen molar-refractivity contribution in [3.8, 4) is 11.5 Å². The first kappa shape index (κ1) is 24.9. The van der Waals surface area contributed by atoms with Crippen molar-refractivity contribution < 1.29 is 4.74 Å². The molecule has 2 nitrogen and oxygen atoms in total. The van der Waals surface area contributed by atoms with Gasteiger partial charge in [-0.1, -0.05) is 135 Å². The lowest BCUT2D eigenvalue weighted by molar-refractivity contribution is 0.487. The summed E-state index contributed by atoms with van der Waals surface area (Å²) in [4.78, 5) is 2.41. The van der Waals surface area contributed by atoms with Crippen LogP contribution in [0.1, 0.15) is 25.0 Å². The molecule has 0 aliphatic carbocycles. The molecule has 42 heavy (non-hydrogen) atoms. The highest BCUT2D eigenvalue weighted by Gasteiger charge is 2.48. The number of hydrogen-bond donors (Lipinski definition) is 0. The van der Waals surface area contributed by atoms with E-state index in [9.17, 15) is 0 Å². The molecule has 3 heteroatoms. The molecule has 0 saturated heterocycles. The van der Waals surface area contributed by atoms with Gasteiger partial charge in [0.1, 0.15) is 11.5 Å². The van der Waals surface area contributed by atoms with Gasteiger partial charge in [-0.2, -0.15) is 0 Å². The molecule has 0 saturated carbocycles. The SMILES string of the molecule is CC1(C)c2ccccc2N(c2ccc3c(c2)Oc2ccccc2[Si]3(c2ccccc2)c2ccccc2)c2ccccc21. The molecule has 0 radical (unpaired) electrons. The normalized spacial score (nSPS) is 15.4. The minimum absolute atomic E-state index is 0.101. The minimum atomic E-state index is -2.66. The highest BCUT2D eigenvalue weighted by Crippen LogP contribution is 2.52. The maximum atomic E-state index is 6.83. The van der Waals surface area contributed by atoms with Crippen LogP contribution in [0.2, 0.25) is 0 Å². The third-order valence-electron chi connectivity index (χ3n) is 9.19. The van der Waals surface area contributed by atoms with Gasteiger partial charge >= 0.3 is 0 Å². The summed E-state index contributed by atoms with van der Waals surface area (Å²) in [6.07, 6.45) is 0. The molecule has 0 fully saturated rings. The zero-order chi connectivity index (χ0) is 28.3. The van der Waals surface area contributed by atoms with Gasteiger partial charge in [0.25, 0.3) is 0 Å². The number of fused-ring (bicyclic) bond motifs is 4. The minimum Gasteiger partial charge on any atom is -0.457 e. The first-order valence-electron chi connectivity index (χ1n) is 14.6. The smallest absolute Gasteiger partial charge is 0.188 e. The van der Waals surface area contributed by atoms with Crippen LogP contribution in [0.3, 0.4) is 0 Å². The van der Waals surface area contributed by atoms with Crippen LogP contribution in [-0.2, 0) is 5.41 Å². The maximum Gasteiger partial charge on any atom is 0.188 e. The van der Waals surface area contributed by atoms with E-state index in [0.29, 0.717) is 0 Å². The van der Waals surface area contributed by atoms with Gasteiger partial charge in [-0.25, -0.2) is 0 Å². The Bertz CT molecular complexity index is 1860. The molecule has 0 N–H and O–H groups in total. The van der Waals surface area contributed by atoms with Crippen LogP contribution in [0, 0.1) is 0 Å². The van der Waals surface area contributed by atoms with Crippen molar-refractivity contribution in [2.75, 3.05) is 4.90 Å². The van der Waals surface area contributed by atoms with Gasteiger partial charge < -0.3 is 9.64 Å². The van der Waals surface area contributed by atoms with Crippen molar-refractivity contribution in [1.29, 1.82) is 0 Å². The Kier molecular flexibility index (Phi) is 5.53. The molecular formula is C39H31NOSi. The molecular weight excluding hydrogens is 527 g/mol. The molecule has 0 atom stereocenters. The zero-order valence-corrected chi connectivity index (χ0v) is 24.8. The second-order valence-corrected chi connectivity index (χ2v) is 15.5. The van der Waals surface area contributed by atoms with Gasteiger partial charge in [-0.3, -0.25) is 0 Å². The lowest BCUT2D eigenvalue weighted by atomic mass is 9.73. The van der Waals surface area contributed by atoms with E-state index in [2.05, 4.69) is 170 Å². The predicted octanol–water partition coefficient (Wildman–Crippen LogP) is 7.28. The van der Waals surface area contributed by atoms with Crippen LogP contribution in [0.5, 0.6) is 11.5 Å². The van der Waals surface area contributed by atoms with Crippen molar-refractivity contribution in [3.63, 3.8) is 0 Å². The molecule has 2 aliphatic rings. The van der Waals surface area contributed by atoms with Crippen LogP contribution in [0.4, 0.5) is 17.1 Å². The fourth-order valence-corrected chi connectivity index (χ4v) is 12.2. The Labute approximate surface area is 248 Å². The standard InChI is InChI=1S/C39H31NOSi/c1-39(2)31-19-9-11-21-33(31)40(34-22-12-10-20-32(34)39)28-25-26-38-36(27-28)41-35-23-13-14-24-37(35)42(38,29-15-5-3-6-16-29)30-17-7-4-8-18-30/h3-27H,1-2H3. The zero-order valence-electron chi connectivity index (χ0n) is 23.8. The van der Waals surface area contributed by atoms with Gasteiger partial charge in [0.05, 0.1) is 11.4 Å². The monoisotopic (exact) mass is 557 g/mol. The van der Waals surface area contributed by atoms with Gasteiger partial charge in [-0.15, -0.1) is 0 Å². The van der Waals surface area contributed by atoms with E-state index in [-0.39, 0.29) is 5.41 Å². The average molecular weight is 558 g/mol. The second kappa shape index (κ2) is 9.33. The second-order valence-electron chi connectivity index (χ2n) is 11.8. The summed E-state index contributed by atoms with van der Waals surface area (Å²) < 4.78 is 6.83. The quantitative estimate of drug-likeness (QED) is 0.212. The molecule has 0 aromatic heterocycles. The van der Waals surface area contributed by atoms with E-state index in [1.807, 2.05) is 0 Å². The first-order chi connectivity index (χ1) is 20.6. The molecule has 0 unspecified atom stereocenters. The number of anilines is 3. The number of ether oxygens (including phenoxy) is 1. The first-order valence-corrected chi connectivity index (χ1v) is 16.6. The Morgan fingerprint density at radius 2 is 1.00 bits per heavy atom. The molecule has 2 aliphatic heterocycles.